The van der Waals surface area contributed by atoms with Gasteiger partial charge in [-0.25, -0.2) is 0 Å². The van der Waals surface area contributed by atoms with Gasteiger partial charge in [0, 0.05) is 0 Å². The molecule has 0 saturated carbocycles. The molecule has 0 aliphatic heterocycles. The van der Waals surface area contributed by atoms with Crippen LogP contribution in [0.1, 0.15) is 41.5 Å². The Labute approximate surface area is 276 Å². The minimum atomic E-state index is -1.44. The minimum Gasteiger partial charge on any atom is -0.547 e. The zero-order valence-electron chi connectivity index (χ0n) is 21.3. The Morgan fingerprint density at radius 2 is 0.395 bits per heavy atom. The maximum Gasteiger partial charge on any atom is 4.00 e. The van der Waals surface area contributed by atoms with Gasteiger partial charge in [0.1, 0.15) is 0 Å². The van der Waals surface area contributed by atoms with Gasteiger partial charge in [0.25, 0.3) is 0 Å². The Balaban J connectivity index is -0.0000000469. The van der Waals surface area contributed by atoms with Gasteiger partial charge in [-0.1, -0.05) is 0 Å². The number of aliphatic hydroxyl groups excluding tert-OH is 6. The predicted octanol–water partition coefficient (Wildman–Crippen LogP) is -11.7. The van der Waals surface area contributed by atoms with Crippen molar-refractivity contribution >= 4 is 84.7 Å². The van der Waals surface area contributed by atoms with Gasteiger partial charge in [-0.15, -0.1) is 0 Å². The molecular weight excluding hydrogens is 733 g/mol. The number of hydrogen-bond donors (Lipinski definition) is 6. The molecule has 0 fully saturated rings. The van der Waals surface area contributed by atoms with Crippen LogP contribution in [0.3, 0.4) is 0 Å². The smallest absolute Gasteiger partial charge is 0.547 e. The molecule has 0 spiro atoms. The van der Waals surface area contributed by atoms with Crippen LogP contribution < -0.4 is 30.6 Å². The molecule has 0 aliphatic carbocycles. The van der Waals surface area contributed by atoms with Crippen LogP contribution in [-0.2, 0) is 55.0 Å². The third-order valence-corrected chi connectivity index (χ3v) is 2.05. The van der Waals surface area contributed by atoms with Gasteiger partial charge in [-0.05, 0) is 41.5 Å². The van der Waals surface area contributed by atoms with Crippen molar-refractivity contribution < 1.29 is 116 Å². The quantitative estimate of drug-likeness (QED) is 0.137. The van der Waals surface area contributed by atoms with Gasteiger partial charge in [0.2, 0.25) is 0 Å². The van der Waals surface area contributed by atoms with Gasteiger partial charge in [0.15, 0.2) is 0 Å². The Kier molecular flexibility index (Phi) is 54.1. The van der Waals surface area contributed by atoms with Crippen LogP contribution >= 0.6 is 0 Å². The van der Waals surface area contributed by atoms with E-state index in [1.807, 2.05) is 0 Å². The first-order chi connectivity index (χ1) is 15.9. The largest absolute Gasteiger partial charge is 4.00 e. The Hall–Kier alpha value is -0.965. The molecule has 216 valence electrons. The summed E-state index contributed by atoms with van der Waals surface area (Å²) in [7, 11) is 0. The SMILES string of the molecule is CC(O)C(=O)[O-].CC(O)C(=O)[O-].CC(O)C(=O)[O-].CC(O)C(=O)[O-].CC(O)C(=O)[O-].CC(O)C(=O)[O-].[Ba+2].[Zr+4]. The molecule has 6 N–H and O–H groups in total. The molecular formula is C18H30BaO18Zr. The average molecular weight is 763 g/mol. The molecule has 0 rings (SSSR count). The van der Waals surface area contributed by atoms with Crippen LogP contribution in [0.2, 0.25) is 0 Å². The van der Waals surface area contributed by atoms with Crippen LogP contribution in [0, 0.1) is 0 Å². The summed E-state index contributed by atoms with van der Waals surface area (Å²) in [4.78, 5) is 56.0. The first-order valence-corrected chi connectivity index (χ1v) is 9.19. The second-order valence-electron chi connectivity index (χ2n) is 5.97. The summed E-state index contributed by atoms with van der Waals surface area (Å²) in [6.07, 6.45) is -8.06. The normalized spacial score (nSPS) is 12.9. The summed E-state index contributed by atoms with van der Waals surface area (Å²) in [5.41, 5.74) is 0. The molecule has 0 aliphatic rings. The van der Waals surface area contributed by atoms with Gasteiger partial charge in [-0.3, -0.25) is 0 Å². The van der Waals surface area contributed by atoms with Crippen molar-refractivity contribution in [2.45, 2.75) is 78.2 Å². The number of aliphatic carboxylic acids is 6. The number of carbonyl (C=O) groups excluding carboxylic acids is 6. The van der Waals surface area contributed by atoms with Crippen molar-refractivity contribution in [3.05, 3.63) is 0 Å². The fraction of sp³-hybridized carbons (Fsp3) is 0.667. The average Bonchev–Trinajstić information content (AvgIpc) is 2.69. The summed E-state index contributed by atoms with van der Waals surface area (Å²) in [5.74, 6) is -8.61. The molecule has 0 heterocycles. The van der Waals surface area contributed by atoms with E-state index in [4.69, 9.17) is 30.6 Å². The zero-order chi connectivity index (χ0) is 30.9. The van der Waals surface area contributed by atoms with E-state index in [0.29, 0.717) is 0 Å². The topological polar surface area (TPSA) is 362 Å². The number of aliphatic hydroxyl groups is 6. The van der Waals surface area contributed by atoms with Crippen LogP contribution in [-0.4, -0.2) is 152 Å². The molecule has 0 aromatic rings. The summed E-state index contributed by atoms with van der Waals surface area (Å²) in [6.45, 7) is 6.81. The first kappa shape index (κ1) is 57.0. The fourth-order valence-corrected chi connectivity index (χ4v) is 0. The van der Waals surface area contributed by atoms with E-state index >= 15 is 0 Å². The second-order valence-corrected chi connectivity index (χ2v) is 5.97. The molecule has 0 saturated heterocycles. The van der Waals surface area contributed by atoms with E-state index in [2.05, 4.69) is 0 Å². The van der Waals surface area contributed by atoms with E-state index in [0.717, 1.165) is 41.5 Å². The van der Waals surface area contributed by atoms with Gasteiger partial charge in [-0.2, -0.15) is 0 Å². The van der Waals surface area contributed by atoms with E-state index in [1.165, 1.54) is 0 Å². The maximum atomic E-state index is 9.34. The Morgan fingerprint density at radius 3 is 0.395 bits per heavy atom. The maximum absolute atomic E-state index is 9.34. The molecule has 20 heteroatoms. The summed E-state index contributed by atoms with van der Waals surface area (Å²) in [6, 6.07) is 0. The molecule has 6 atom stereocenters. The third kappa shape index (κ3) is 76.5. The number of rotatable bonds is 6. The number of carbonyl (C=O) groups is 6. The van der Waals surface area contributed by atoms with E-state index < -0.39 is 72.4 Å². The number of carboxylic acid groups (broad SMARTS) is 6. The van der Waals surface area contributed by atoms with Crippen LogP contribution in [0.25, 0.3) is 0 Å². The molecule has 6 unspecified atom stereocenters. The summed E-state index contributed by atoms with van der Waals surface area (Å²) < 4.78 is 0. The van der Waals surface area contributed by atoms with E-state index in [-0.39, 0.29) is 75.1 Å². The monoisotopic (exact) mass is 762 g/mol. The minimum absolute atomic E-state index is 0. The fourth-order valence-electron chi connectivity index (χ4n) is 0. The first-order valence-electron chi connectivity index (χ1n) is 9.19. The predicted molar refractivity (Wildman–Crippen MR) is 106 cm³/mol. The number of carboxylic acids is 6. The molecule has 0 radical (unpaired) electrons. The van der Waals surface area contributed by atoms with Crippen LogP contribution in [0.4, 0.5) is 0 Å². The number of hydrogen-bond acceptors (Lipinski definition) is 18. The van der Waals surface area contributed by atoms with Gasteiger partial charge >= 0.3 is 75.1 Å². The van der Waals surface area contributed by atoms with Crippen molar-refractivity contribution in [1.29, 1.82) is 0 Å². The van der Waals surface area contributed by atoms with Crippen LogP contribution in [0.5, 0.6) is 0 Å². The molecule has 38 heavy (non-hydrogen) atoms. The molecule has 18 nitrogen and oxygen atoms in total. The Morgan fingerprint density at radius 1 is 0.368 bits per heavy atom. The van der Waals surface area contributed by atoms with Crippen molar-refractivity contribution in [3.8, 4) is 0 Å². The summed E-state index contributed by atoms with van der Waals surface area (Å²) >= 11 is 0. The second kappa shape index (κ2) is 36.0. The van der Waals surface area contributed by atoms with Crippen molar-refractivity contribution in [2.24, 2.45) is 0 Å². The molecule has 0 aromatic carbocycles. The van der Waals surface area contributed by atoms with Crippen molar-refractivity contribution in [2.75, 3.05) is 0 Å². The molecule has 0 aromatic heterocycles. The van der Waals surface area contributed by atoms with Gasteiger partial charge in [0.05, 0.1) is 72.4 Å². The van der Waals surface area contributed by atoms with Crippen LogP contribution in [0.15, 0.2) is 0 Å². The zero-order valence-corrected chi connectivity index (χ0v) is 28.2. The van der Waals surface area contributed by atoms with E-state index in [1.54, 1.807) is 0 Å². The van der Waals surface area contributed by atoms with E-state index in [9.17, 15) is 59.4 Å². The van der Waals surface area contributed by atoms with Crippen molar-refractivity contribution in [3.63, 3.8) is 0 Å². The third-order valence-electron chi connectivity index (χ3n) is 2.05. The molecule has 0 bridgehead atoms. The Bertz CT molecular complexity index is 495. The van der Waals surface area contributed by atoms with Gasteiger partial charge < -0.3 is 90.0 Å². The molecule has 0 amide bonds. The summed E-state index contributed by atoms with van der Waals surface area (Å²) in [5, 5.41) is 104. The van der Waals surface area contributed by atoms with Crippen molar-refractivity contribution in [1.82, 2.24) is 0 Å². The standard InChI is InChI=1S/6C3H6O3.Ba.Zr/c6*1-2(4)3(5)6;;/h6*2,4H,1H3,(H,5,6);;/q;;;;;;+2;+4/p-6.